The number of nitrogens with zero attached hydrogens (tertiary/aromatic N) is 1. The predicted octanol–water partition coefficient (Wildman–Crippen LogP) is 4.11. The van der Waals surface area contributed by atoms with Gasteiger partial charge in [0.1, 0.15) is 0 Å². The Morgan fingerprint density at radius 3 is 1.76 bits per heavy atom. The SMILES string of the molecule is CC(C)(C)CC(C)(C(=O)ON1C(=O)C2CCCCC2C1=O)C(C)(C)C. The molecule has 1 aliphatic heterocycles. The van der Waals surface area contributed by atoms with Crippen LogP contribution in [0.4, 0.5) is 0 Å². The van der Waals surface area contributed by atoms with Crippen molar-refractivity contribution in [3.8, 4) is 0 Å². The van der Waals surface area contributed by atoms with Crippen LogP contribution in [-0.4, -0.2) is 22.8 Å². The summed E-state index contributed by atoms with van der Waals surface area (Å²) in [5.41, 5.74) is -1.26. The largest absolute Gasteiger partial charge is 0.339 e. The Morgan fingerprint density at radius 1 is 0.960 bits per heavy atom. The molecule has 0 N–H and O–H groups in total. The van der Waals surface area contributed by atoms with E-state index in [0.717, 1.165) is 17.9 Å². The molecule has 1 saturated carbocycles. The van der Waals surface area contributed by atoms with Gasteiger partial charge < -0.3 is 4.84 Å². The van der Waals surface area contributed by atoms with Crippen LogP contribution in [0, 0.1) is 28.1 Å². The standard InChI is InChI=1S/C20H33NO4/c1-18(2,3)12-20(7,19(4,5)6)17(24)25-21-15(22)13-10-8-9-11-14(13)16(21)23/h13-14H,8-12H2,1-7H3. The molecule has 142 valence electrons. The molecule has 2 aliphatic rings. The van der Waals surface area contributed by atoms with Gasteiger partial charge in [-0.05, 0) is 37.0 Å². The van der Waals surface area contributed by atoms with Crippen molar-refractivity contribution in [2.75, 3.05) is 0 Å². The fourth-order valence-corrected chi connectivity index (χ4v) is 4.11. The van der Waals surface area contributed by atoms with E-state index in [9.17, 15) is 14.4 Å². The molecule has 3 atom stereocenters. The van der Waals surface area contributed by atoms with E-state index in [1.807, 2.05) is 27.7 Å². The third-order valence-corrected chi connectivity index (χ3v) is 5.96. The highest BCUT2D eigenvalue weighted by molar-refractivity contribution is 6.05. The highest BCUT2D eigenvalue weighted by Crippen LogP contribution is 2.48. The summed E-state index contributed by atoms with van der Waals surface area (Å²) in [7, 11) is 0. The van der Waals surface area contributed by atoms with Crippen LogP contribution in [0.15, 0.2) is 0 Å². The van der Waals surface area contributed by atoms with Crippen LogP contribution in [-0.2, 0) is 19.2 Å². The summed E-state index contributed by atoms with van der Waals surface area (Å²) in [6.45, 7) is 14.1. The summed E-state index contributed by atoms with van der Waals surface area (Å²) in [6, 6.07) is 0. The number of hydroxylamine groups is 2. The van der Waals surface area contributed by atoms with Gasteiger partial charge in [0.25, 0.3) is 11.8 Å². The van der Waals surface area contributed by atoms with Crippen LogP contribution in [0.25, 0.3) is 0 Å². The number of fused-ring (bicyclic) bond motifs is 1. The molecule has 0 aromatic carbocycles. The van der Waals surface area contributed by atoms with Crippen LogP contribution in [0.3, 0.4) is 0 Å². The Hall–Kier alpha value is -1.39. The smallest absolute Gasteiger partial charge is 0.330 e. The number of carbonyl (C=O) groups is 3. The van der Waals surface area contributed by atoms with Gasteiger partial charge in [-0.25, -0.2) is 4.79 Å². The third-order valence-electron chi connectivity index (χ3n) is 5.96. The number of amides is 2. The summed E-state index contributed by atoms with van der Waals surface area (Å²) in [5.74, 6) is -1.78. The Morgan fingerprint density at radius 2 is 1.40 bits per heavy atom. The average molecular weight is 351 g/mol. The van der Waals surface area contributed by atoms with E-state index < -0.39 is 11.4 Å². The quantitative estimate of drug-likeness (QED) is 0.718. The monoisotopic (exact) mass is 351 g/mol. The van der Waals surface area contributed by atoms with Crippen LogP contribution in [0.1, 0.15) is 80.6 Å². The maximum absolute atomic E-state index is 13.1. The molecule has 1 heterocycles. The Balaban J connectivity index is 2.24. The molecule has 1 aliphatic carbocycles. The Bertz CT molecular complexity index is 545. The lowest BCUT2D eigenvalue weighted by atomic mass is 9.61. The molecule has 0 spiro atoms. The van der Waals surface area contributed by atoms with Crippen LogP contribution in [0.5, 0.6) is 0 Å². The highest BCUT2D eigenvalue weighted by atomic mass is 16.7. The first-order chi connectivity index (χ1) is 11.3. The van der Waals surface area contributed by atoms with E-state index in [0.29, 0.717) is 19.3 Å². The molecule has 2 rings (SSSR count). The van der Waals surface area contributed by atoms with Gasteiger partial charge in [-0.1, -0.05) is 54.4 Å². The first-order valence-corrected chi connectivity index (χ1v) is 9.38. The van der Waals surface area contributed by atoms with Crippen molar-refractivity contribution in [3.63, 3.8) is 0 Å². The Kier molecular flexibility index (Phi) is 5.10. The first kappa shape index (κ1) is 19.9. The van der Waals surface area contributed by atoms with Gasteiger partial charge in [0.2, 0.25) is 0 Å². The van der Waals surface area contributed by atoms with Crippen molar-refractivity contribution in [1.82, 2.24) is 5.06 Å². The van der Waals surface area contributed by atoms with Crippen molar-refractivity contribution < 1.29 is 19.2 Å². The molecular formula is C20H33NO4. The second-order valence-electron chi connectivity index (χ2n) is 10.2. The van der Waals surface area contributed by atoms with Crippen LogP contribution in [0.2, 0.25) is 0 Å². The molecule has 1 saturated heterocycles. The summed E-state index contributed by atoms with van der Waals surface area (Å²) in [6.07, 6.45) is 3.92. The molecule has 0 aromatic heterocycles. The van der Waals surface area contributed by atoms with Crippen molar-refractivity contribution in [2.45, 2.75) is 80.6 Å². The summed E-state index contributed by atoms with van der Waals surface area (Å²) in [5, 5.41) is 0.773. The minimum absolute atomic E-state index is 0.0892. The molecule has 0 bridgehead atoms. The van der Waals surface area contributed by atoms with Gasteiger partial charge in [-0.2, -0.15) is 0 Å². The van der Waals surface area contributed by atoms with Gasteiger partial charge in [0.05, 0.1) is 17.3 Å². The molecule has 0 radical (unpaired) electrons. The van der Waals surface area contributed by atoms with Gasteiger partial charge in [-0.3, -0.25) is 9.59 Å². The predicted molar refractivity (Wildman–Crippen MR) is 95.0 cm³/mol. The normalized spacial score (nSPS) is 27.1. The van der Waals surface area contributed by atoms with Crippen LogP contribution >= 0.6 is 0 Å². The Labute approximate surface area is 151 Å². The molecular weight excluding hydrogens is 318 g/mol. The van der Waals surface area contributed by atoms with Gasteiger partial charge in [0.15, 0.2) is 0 Å². The fourth-order valence-electron chi connectivity index (χ4n) is 4.11. The maximum atomic E-state index is 13.1. The van der Waals surface area contributed by atoms with E-state index in [4.69, 9.17) is 4.84 Å². The number of carbonyl (C=O) groups excluding carboxylic acids is 3. The third kappa shape index (κ3) is 3.75. The van der Waals surface area contributed by atoms with E-state index in [2.05, 4.69) is 20.8 Å². The zero-order chi connectivity index (χ0) is 19.2. The van der Waals surface area contributed by atoms with Crippen molar-refractivity contribution in [1.29, 1.82) is 0 Å². The second kappa shape index (κ2) is 6.40. The number of hydrogen-bond donors (Lipinski definition) is 0. The molecule has 2 fully saturated rings. The molecule has 5 nitrogen and oxygen atoms in total. The zero-order valence-electron chi connectivity index (χ0n) is 16.8. The van der Waals surface area contributed by atoms with Crippen molar-refractivity contribution in [3.05, 3.63) is 0 Å². The summed E-state index contributed by atoms with van der Waals surface area (Å²) >= 11 is 0. The van der Waals surface area contributed by atoms with Gasteiger partial charge in [-0.15, -0.1) is 5.06 Å². The lowest BCUT2D eigenvalue weighted by Crippen LogP contribution is -2.47. The highest BCUT2D eigenvalue weighted by Gasteiger charge is 2.54. The average Bonchev–Trinajstić information content (AvgIpc) is 2.70. The minimum atomic E-state index is -0.806. The molecule has 3 unspecified atom stereocenters. The number of hydrogen-bond acceptors (Lipinski definition) is 4. The number of rotatable bonds is 3. The van der Waals surface area contributed by atoms with E-state index in [1.54, 1.807) is 0 Å². The molecule has 0 aromatic rings. The fraction of sp³-hybridized carbons (Fsp3) is 0.850. The molecule has 5 heteroatoms. The topological polar surface area (TPSA) is 63.7 Å². The summed E-state index contributed by atoms with van der Waals surface area (Å²) in [4.78, 5) is 43.7. The lowest BCUT2D eigenvalue weighted by molar-refractivity contribution is -0.211. The number of imide groups is 1. The molecule has 2 amide bonds. The maximum Gasteiger partial charge on any atom is 0.339 e. The van der Waals surface area contributed by atoms with Crippen molar-refractivity contribution in [2.24, 2.45) is 28.1 Å². The second-order valence-corrected chi connectivity index (χ2v) is 10.2. The van der Waals surface area contributed by atoms with E-state index in [-0.39, 0.29) is 34.5 Å². The van der Waals surface area contributed by atoms with Crippen LogP contribution < -0.4 is 0 Å². The summed E-state index contributed by atoms with van der Waals surface area (Å²) < 4.78 is 0. The zero-order valence-corrected chi connectivity index (χ0v) is 16.8. The van der Waals surface area contributed by atoms with E-state index in [1.165, 1.54) is 0 Å². The van der Waals surface area contributed by atoms with E-state index >= 15 is 0 Å². The van der Waals surface area contributed by atoms with Gasteiger partial charge in [0, 0.05) is 0 Å². The lowest BCUT2D eigenvalue weighted by Gasteiger charge is -2.43. The minimum Gasteiger partial charge on any atom is -0.330 e. The first-order valence-electron chi connectivity index (χ1n) is 9.38. The van der Waals surface area contributed by atoms with Crippen molar-refractivity contribution >= 4 is 17.8 Å². The van der Waals surface area contributed by atoms with Gasteiger partial charge >= 0.3 is 5.97 Å². The molecule has 25 heavy (non-hydrogen) atoms.